The van der Waals surface area contributed by atoms with Crippen LogP contribution in [0.15, 0.2) is 28.7 Å². The molecule has 0 bridgehead atoms. The minimum atomic E-state index is -0.891. The average molecular weight is 431 g/mol. The third-order valence-corrected chi connectivity index (χ3v) is 4.60. The summed E-state index contributed by atoms with van der Waals surface area (Å²) in [5.41, 5.74) is 6.39. The molecule has 0 atom stereocenters. The van der Waals surface area contributed by atoms with Crippen LogP contribution in [0.4, 0.5) is 5.88 Å². The second kappa shape index (κ2) is 10.1. The predicted octanol–water partition coefficient (Wildman–Crippen LogP) is 3.96. The van der Waals surface area contributed by atoms with Gasteiger partial charge >= 0.3 is 5.97 Å². The molecule has 0 saturated heterocycles. The number of nitrogens with two attached hydrogens (primary N) is 1. The van der Waals surface area contributed by atoms with E-state index in [0.717, 1.165) is 5.75 Å². The van der Waals surface area contributed by atoms with E-state index in [2.05, 4.69) is 26.1 Å². The Hall–Kier alpha value is -3.29. The number of anilines is 1. The molecule has 8 nitrogen and oxygen atoms in total. The molecule has 31 heavy (non-hydrogen) atoms. The Labute approximate surface area is 182 Å². The number of ether oxygens (including phenoxy) is 2. The van der Waals surface area contributed by atoms with Crippen LogP contribution in [0.2, 0.25) is 0 Å². The smallest absolute Gasteiger partial charge is 0.342 e. The van der Waals surface area contributed by atoms with Crippen LogP contribution in [0.5, 0.6) is 5.75 Å². The standard InChI is InChI=1S/C23H30N2O6/c1-6-29-22(28)18-14(2)31-21(19(18)20(24)27)25-17(26)8-7-13-30-16-11-9-15(10-12-16)23(3,4)5/h9-12H,6-8,13H2,1-5H3,(H2,24,27)(H,25,26). The van der Waals surface area contributed by atoms with Gasteiger partial charge in [-0.05, 0) is 43.4 Å². The van der Waals surface area contributed by atoms with E-state index < -0.39 is 17.8 Å². The lowest BCUT2D eigenvalue weighted by Crippen LogP contribution is -2.20. The van der Waals surface area contributed by atoms with Crippen LogP contribution < -0.4 is 15.8 Å². The maximum absolute atomic E-state index is 12.3. The minimum absolute atomic E-state index is 0.0672. The van der Waals surface area contributed by atoms with Crippen molar-refractivity contribution in [3.05, 3.63) is 46.7 Å². The van der Waals surface area contributed by atoms with Gasteiger partial charge in [-0.2, -0.15) is 0 Å². The summed E-state index contributed by atoms with van der Waals surface area (Å²) in [6.07, 6.45) is 0.579. The molecule has 168 valence electrons. The number of esters is 1. The fourth-order valence-corrected chi connectivity index (χ4v) is 2.98. The number of primary amides is 1. The van der Waals surface area contributed by atoms with Gasteiger partial charge in [-0.1, -0.05) is 32.9 Å². The molecule has 1 aromatic carbocycles. The van der Waals surface area contributed by atoms with Crippen LogP contribution in [0.25, 0.3) is 0 Å². The molecule has 1 heterocycles. The van der Waals surface area contributed by atoms with Gasteiger partial charge in [0.15, 0.2) is 0 Å². The zero-order valence-electron chi connectivity index (χ0n) is 18.7. The summed E-state index contributed by atoms with van der Waals surface area (Å²) in [5, 5.41) is 2.50. The Morgan fingerprint density at radius 3 is 2.29 bits per heavy atom. The summed E-state index contributed by atoms with van der Waals surface area (Å²) in [6.45, 7) is 10.0. The second-order valence-corrected chi connectivity index (χ2v) is 8.10. The SMILES string of the molecule is CCOC(=O)c1c(C)oc(NC(=O)CCCOc2ccc(C(C)(C)C)cc2)c1C(N)=O. The maximum atomic E-state index is 12.3. The normalized spacial score (nSPS) is 11.1. The van der Waals surface area contributed by atoms with E-state index in [9.17, 15) is 14.4 Å². The van der Waals surface area contributed by atoms with Crippen molar-refractivity contribution in [2.45, 2.75) is 52.9 Å². The van der Waals surface area contributed by atoms with Crippen LogP contribution in [0.3, 0.4) is 0 Å². The Morgan fingerprint density at radius 1 is 1.10 bits per heavy atom. The van der Waals surface area contributed by atoms with Crippen LogP contribution in [0.1, 0.15) is 72.6 Å². The molecule has 0 saturated carbocycles. The molecule has 0 aliphatic heterocycles. The minimum Gasteiger partial charge on any atom is -0.494 e. The number of carbonyl (C=O) groups is 3. The number of carbonyl (C=O) groups excluding carboxylic acids is 3. The second-order valence-electron chi connectivity index (χ2n) is 8.10. The van der Waals surface area contributed by atoms with Crippen molar-refractivity contribution >= 4 is 23.7 Å². The summed E-state index contributed by atoms with van der Waals surface area (Å²) in [4.78, 5) is 36.2. The highest BCUT2D eigenvalue weighted by atomic mass is 16.5. The summed E-state index contributed by atoms with van der Waals surface area (Å²) in [7, 11) is 0. The highest BCUT2D eigenvalue weighted by molar-refractivity contribution is 6.10. The van der Waals surface area contributed by atoms with Crippen molar-refractivity contribution in [1.29, 1.82) is 0 Å². The molecule has 3 N–H and O–H groups in total. The number of benzene rings is 1. The molecular formula is C23H30N2O6. The Morgan fingerprint density at radius 2 is 1.74 bits per heavy atom. The molecular weight excluding hydrogens is 400 g/mol. The number of hydrogen-bond acceptors (Lipinski definition) is 6. The molecule has 0 aliphatic carbocycles. The fraction of sp³-hybridized carbons (Fsp3) is 0.435. The Balaban J connectivity index is 1.92. The molecule has 2 rings (SSSR count). The Bertz CT molecular complexity index is 938. The van der Waals surface area contributed by atoms with E-state index >= 15 is 0 Å². The zero-order chi connectivity index (χ0) is 23.2. The van der Waals surface area contributed by atoms with Crippen molar-refractivity contribution in [3.8, 4) is 5.75 Å². The molecule has 0 fully saturated rings. The topological polar surface area (TPSA) is 121 Å². The largest absolute Gasteiger partial charge is 0.494 e. The van der Waals surface area contributed by atoms with Crippen LogP contribution >= 0.6 is 0 Å². The number of furan rings is 1. The van der Waals surface area contributed by atoms with E-state index in [4.69, 9.17) is 19.6 Å². The Kier molecular flexibility index (Phi) is 7.85. The first-order valence-electron chi connectivity index (χ1n) is 10.2. The lowest BCUT2D eigenvalue weighted by Gasteiger charge is -2.19. The molecule has 0 spiro atoms. The van der Waals surface area contributed by atoms with Crippen molar-refractivity contribution in [2.24, 2.45) is 5.73 Å². The first kappa shape index (κ1) is 24.0. The number of nitrogens with one attached hydrogen (secondary N) is 1. The molecule has 0 unspecified atom stereocenters. The monoisotopic (exact) mass is 430 g/mol. The van der Waals surface area contributed by atoms with Gasteiger partial charge in [0.05, 0.1) is 13.2 Å². The molecule has 8 heteroatoms. The first-order chi connectivity index (χ1) is 14.5. The predicted molar refractivity (Wildman–Crippen MR) is 116 cm³/mol. The zero-order valence-corrected chi connectivity index (χ0v) is 18.7. The third kappa shape index (κ3) is 6.34. The summed E-state index contributed by atoms with van der Waals surface area (Å²) in [6, 6.07) is 7.85. The fourth-order valence-electron chi connectivity index (χ4n) is 2.98. The lowest BCUT2D eigenvalue weighted by molar-refractivity contribution is -0.116. The van der Waals surface area contributed by atoms with Gasteiger partial charge in [-0.25, -0.2) is 4.79 Å². The van der Waals surface area contributed by atoms with Crippen LogP contribution in [0, 0.1) is 6.92 Å². The third-order valence-electron chi connectivity index (χ3n) is 4.60. The van der Waals surface area contributed by atoms with Crippen LogP contribution in [-0.2, 0) is 14.9 Å². The van der Waals surface area contributed by atoms with E-state index in [-0.39, 0.29) is 41.2 Å². The molecule has 2 amide bonds. The van der Waals surface area contributed by atoms with Crippen molar-refractivity contribution in [3.63, 3.8) is 0 Å². The lowest BCUT2D eigenvalue weighted by atomic mass is 9.87. The summed E-state index contributed by atoms with van der Waals surface area (Å²) in [5.74, 6) is -1.30. The van der Waals surface area contributed by atoms with Crippen molar-refractivity contribution < 1.29 is 28.3 Å². The van der Waals surface area contributed by atoms with Gasteiger partial charge < -0.3 is 19.6 Å². The maximum Gasteiger partial charge on any atom is 0.342 e. The summed E-state index contributed by atoms with van der Waals surface area (Å²) >= 11 is 0. The van der Waals surface area contributed by atoms with Gasteiger partial charge in [-0.3, -0.25) is 14.9 Å². The van der Waals surface area contributed by atoms with E-state index in [0.29, 0.717) is 13.0 Å². The van der Waals surface area contributed by atoms with Gasteiger partial charge in [-0.15, -0.1) is 0 Å². The van der Waals surface area contributed by atoms with Crippen LogP contribution in [-0.4, -0.2) is 31.0 Å². The highest BCUT2D eigenvalue weighted by Crippen LogP contribution is 2.28. The molecule has 0 radical (unpaired) electrons. The number of hydrogen-bond donors (Lipinski definition) is 2. The van der Waals surface area contributed by atoms with E-state index in [1.807, 2.05) is 24.3 Å². The quantitative estimate of drug-likeness (QED) is 0.459. The van der Waals surface area contributed by atoms with E-state index in [1.165, 1.54) is 12.5 Å². The van der Waals surface area contributed by atoms with Gasteiger partial charge in [0.1, 0.15) is 22.6 Å². The first-order valence-corrected chi connectivity index (χ1v) is 10.2. The molecule has 2 aromatic rings. The number of rotatable bonds is 9. The highest BCUT2D eigenvalue weighted by Gasteiger charge is 2.29. The van der Waals surface area contributed by atoms with Gasteiger partial charge in [0.2, 0.25) is 11.8 Å². The van der Waals surface area contributed by atoms with Crippen molar-refractivity contribution in [2.75, 3.05) is 18.5 Å². The molecule has 1 aromatic heterocycles. The van der Waals surface area contributed by atoms with Gasteiger partial charge in [0, 0.05) is 6.42 Å². The molecule has 0 aliphatic rings. The van der Waals surface area contributed by atoms with E-state index in [1.54, 1.807) is 6.92 Å². The average Bonchev–Trinajstić information content (AvgIpc) is 3.01. The van der Waals surface area contributed by atoms with Crippen molar-refractivity contribution in [1.82, 2.24) is 0 Å². The summed E-state index contributed by atoms with van der Waals surface area (Å²) < 4.78 is 16.0. The van der Waals surface area contributed by atoms with Gasteiger partial charge in [0.25, 0.3) is 5.91 Å². The number of aryl methyl sites for hydroxylation is 1. The number of amides is 2.